The van der Waals surface area contributed by atoms with E-state index < -0.39 is 17.7 Å². The predicted octanol–water partition coefficient (Wildman–Crippen LogP) is 5.61. The van der Waals surface area contributed by atoms with Crippen molar-refractivity contribution in [2.45, 2.75) is 39.8 Å². The first-order valence-electron chi connectivity index (χ1n) is 12.2. The number of amides is 1. The van der Waals surface area contributed by atoms with Gasteiger partial charge in [0.1, 0.15) is 17.3 Å². The van der Waals surface area contributed by atoms with Crippen molar-refractivity contribution in [2.24, 2.45) is 5.92 Å². The molecule has 1 atom stereocenters. The van der Waals surface area contributed by atoms with E-state index >= 15 is 0 Å². The van der Waals surface area contributed by atoms with Crippen LogP contribution in [0.4, 0.5) is 0 Å². The number of likely N-dealkylation sites (tertiary alicyclic amines) is 1. The average Bonchev–Trinajstić information content (AvgIpc) is 3.13. The van der Waals surface area contributed by atoms with Crippen molar-refractivity contribution in [1.29, 1.82) is 0 Å². The smallest absolute Gasteiger partial charge is 0.295 e. The zero-order valence-corrected chi connectivity index (χ0v) is 20.8. The highest BCUT2D eigenvalue weighted by atomic mass is 16.5. The number of Topliss-reactive ketones (excluding diaryl/α,β-unsaturated/α-hetero) is 1. The molecule has 1 unspecified atom stereocenters. The van der Waals surface area contributed by atoms with Gasteiger partial charge in [-0.15, -0.1) is 0 Å². The number of carbonyl (C=O) groups excluding carboxylic acids is 2. The number of phenolic OH excluding ortho intramolecular Hbond substituents is 1. The highest BCUT2D eigenvalue weighted by Crippen LogP contribution is 2.40. The number of aromatic hydroxyl groups is 1. The first-order chi connectivity index (χ1) is 17.3. The van der Waals surface area contributed by atoms with Gasteiger partial charge in [0.25, 0.3) is 11.7 Å². The molecule has 1 saturated heterocycles. The Labute approximate surface area is 211 Å². The summed E-state index contributed by atoms with van der Waals surface area (Å²) in [5.41, 5.74) is 3.05. The molecule has 3 aromatic rings. The molecule has 1 amide bonds. The van der Waals surface area contributed by atoms with Gasteiger partial charge in [-0.25, -0.2) is 0 Å². The van der Waals surface area contributed by atoms with Crippen molar-refractivity contribution < 1.29 is 24.5 Å². The molecule has 4 rings (SSSR count). The van der Waals surface area contributed by atoms with E-state index in [9.17, 15) is 19.8 Å². The maximum atomic E-state index is 13.2. The largest absolute Gasteiger partial charge is 0.508 e. The van der Waals surface area contributed by atoms with Gasteiger partial charge in [0.15, 0.2) is 0 Å². The van der Waals surface area contributed by atoms with Gasteiger partial charge in [0.05, 0.1) is 18.2 Å². The van der Waals surface area contributed by atoms with Crippen molar-refractivity contribution >= 4 is 17.4 Å². The molecule has 6 heteroatoms. The zero-order chi connectivity index (χ0) is 25.8. The Hall–Kier alpha value is -4.06. The average molecular weight is 486 g/mol. The van der Waals surface area contributed by atoms with Crippen LogP contribution in [0.3, 0.4) is 0 Å². The Morgan fingerprint density at radius 3 is 2.11 bits per heavy atom. The molecule has 0 aliphatic carbocycles. The predicted molar refractivity (Wildman–Crippen MR) is 139 cm³/mol. The van der Waals surface area contributed by atoms with Crippen LogP contribution in [0.2, 0.25) is 0 Å². The van der Waals surface area contributed by atoms with Crippen LogP contribution >= 0.6 is 0 Å². The van der Waals surface area contributed by atoms with Gasteiger partial charge in [-0.1, -0.05) is 69.3 Å². The number of aryl methyl sites for hydroxylation is 1. The number of carbonyl (C=O) groups is 2. The molecule has 3 aromatic carbocycles. The van der Waals surface area contributed by atoms with Crippen LogP contribution in [-0.2, 0) is 22.6 Å². The van der Waals surface area contributed by atoms with Crippen LogP contribution in [0.1, 0.15) is 49.1 Å². The van der Waals surface area contributed by atoms with Crippen molar-refractivity contribution in [3.63, 3.8) is 0 Å². The lowest BCUT2D eigenvalue weighted by molar-refractivity contribution is -0.140. The first kappa shape index (κ1) is 25.0. The maximum absolute atomic E-state index is 13.2. The van der Waals surface area contributed by atoms with Gasteiger partial charge in [-0.2, -0.15) is 0 Å². The lowest BCUT2D eigenvalue weighted by atomic mass is 9.94. The summed E-state index contributed by atoms with van der Waals surface area (Å²) >= 11 is 0. The Balaban J connectivity index is 1.72. The van der Waals surface area contributed by atoms with E-state index in [1.54, 1.807) is 24.3 Å². The van der Waals surface area contributed by atoms with Gasteiger partial charge in [-0.3, -0.25) is 9.59 Å². The molecule has 0 spiro atoms. The lowest BCUT2D eigenvalue weighted by Crippen LogP contribution is -2.29. The molecular formula is C30H31NO5. The first-order valence-corrected chi connectivity index (χ1v) is 12.2. The summed E-state index contributed by atoms with van der Waals surface area (Å²) in [5.74, 6) is -0.418. The Bertz CT molecular complexity index is 1260. The quantitative estimate of drug-likeness (QED) is 0.246. The van der Waals surface area contributed by atoms with Crippen molar-refractivity contribution in [1.82, 2.24) is 4.90 Å². The molecule has 6 nitrogen and oxygen atoms in total. The number of rotatable bonds is 8. The fourth-order valence-electron chi connectivity index (χ4n) is 4.25. The third-order valence-electron chi connectivity index (χ3n) is 6.24. The fraction of sp³-hybridized carbons (Fsp3) is 0.267. The Kier molecular flexibility index (Phi) is 7.44. The summed E-state index contributed by atoms with van der Waals surface area (Å²) < 4.78 is 5.75. The molecule has 186 valence electrons. The molecule has 1 aliphatic heterocycles. The van der Waals surface area contributed by atoms with E-state index in [1.807, 2.05) is 43.3 Å². The third kappa shape index (κ3) is 5.28. The van der Waals surface area contributed by atoms with Crippen LogP contribution in [-0.4, -0.2) is 33.4 Å². The number of aliphatic hydroxyl groups excluding tert-OH is 1. The highest BCUT2D eigenvalue weighted by molar-refractivity contribution is 6.46. The maximum Gasteiger partial charge on any atom is 0.295 e. The van der Waals surface area contributed by atoms with Gasteiger partial charge in [0.2, 0.25) is 0 Å². The van der Waals surface area contributed by atoms with Crippen molar-refractivity contribution in [3.05, 3.63) is 101 Å². The van der Waals surface area contributed by atoms with E-state index in [0.29, 0.717) is 23.7 Å². The molecule has 36 heavy (non-hydrogen) atoms. The van der Waals surface area contributed by atoms with Crippen LogP contribution in [0, 0.1) is 5.92 Å². The van der Waals surface area contributed by atoms with Crippen LogP contribution in [0.25, 0.3) is 5.76 Å². The van der Waals surface area contributed by atoms with Crippen LogP contribution < -0.4 is 4.74 Å². The van der Waals surface area contributed by atoms with Crippen molar-refractivity contribution in [3.8, 4) is 11.5 Å². The summed E-state index contributed by atoms with van der Waals surface area (Å²) in [4.78, 5) is 27.9. The van der Waals surface area contributed by atoms with E-state index in [1.165, 1.54) is 17.0 Å². The van der Waals surface area contributed by atoms with E-state index in [4.69, 9.17) is 4.74 Å². The second kappa shape index (κ2) is 10.7. The zero-order valence-electron chi connectivity index (χ0n) is 20.8. The molecule has 0 bridgehead atoms. The summed E-state index contributed by atoms with van der Waals surface area (Å²) in [6.07, 6.45) is 0.847. The number of ketones is 1. The minimum atomic E-state index is -0.798. The summed E-state index contributed by atoms with van der Waals surface area (Å²) in [6.45, 7) is 6.97. The Morgan fingerprint density at radius 1 is 0.917 bits per heavy atom. The van der Waals surface area contributed by atoms with Gasteiger partial charge < -0.3 is 19.8 Å². The van der Waals surface area contributed by atoms with E-state index in [-0.39, 0.29) is 23.6 Å². The molecule has 1 aliphatic rings. The van der Waals surface area contributed by atoms with Crippen LogP contribution in [0.15, 0.2) is 78.4 Å². The second-order valence-electron chi connectivity index (χ2n) is 9.42. The molecule has 2 N–H and O–H groups in total. The minimum absolute atomic E-state index is 0.0341. The molecule has 0 aromatic heterocycles. The monoisotopic (exact) mass is 485 g/mol. The number of ether oxygens (including phenoxy) is 1. The van der Waals surface area contributed by atoms with Gasteiger partial charge in [0, 0.05) is 12.1 Å². The SMILES string of the molecule is CCc1ccc(/C(O)=C2/C(=O)C(=O)N(Cc3ccc(OCC(C)C)cc3)C2c2ccc(O)cc2)cc1. The number of nitrogens with zero attached hydrogens (tertiary/aromatic N) is 1. The number of hydrogen-bond acceptors (Lipinski definition) is 5. The molecule has 0 saturated carbocycles. The molecular weight excluding hydrogens is 454 g/mol. The van der Waals surface area contributed by atoms with E-state index in [2.05, 4.69) is 13.8 Å². The number of benzene rings is 3. The number of phenols is 1. The fourth-order valence-corrected chi connectivity index (χ4v) is 4.25. The number of hydrogen-bond donors (Lipinski definition) is 2. The van der Waals surface area contributed by atoms with E-state index in [0.717, 1.165) is 23.3 Å². The summed E-state index contributed by atoms with van der Waals surface area (Å²) in [5, 5.41) is 21.0. The molecule has 1 fully saturated rings. The minimum Gasteiger partial charge on any atom is -0.508 e. The van der Waals surface area contributed by atoms with Gasteiger partial charge in [-0.05, 0) is 53.3 Å². The highest BCUT2D eigenvalue weighted by Gasteiger charge is 2.46. The standard InChI is InChI=1S/C30H31NO5/c1-4-20-5-9-23(10-6-20)28(33)26-27(22-11-13-24(32)14-12-22)31(30(35)29(26)34)17-21-7-15-25(16-8-21)36-18-19(2)3/h5-16,19,27,32-33H,4,17-18H2,1-3H3/b28-26-. The molecule has 0 radical (unpaired) electrons. The number of aliphatic hydroxyl groups is 1. The second-order valence-corrected chi connectivity index (χ2v) is 9.42. The summed E-state index contributed by atoms with van der Waals surface area (Å²) in [7, 11) is 0. The lowest BCUT2D eigenvalue weighted by Gasteiger charge is -2.25. The molecule has 1 heterocycles. The third-order valence-corrected chi connectivity index (χ3v) is 6.24. The van der Waals surface area contributed by atoms with Gasteiger partial charge >= 0.3 is 0 Å². The topological polar surface area (TPSA) is 87.1 Å². The van der Waals surface area contributed by atoms with Crippen LogP contribution in [0.5, 0.6) is 11.5 Å². The normalized spacial score (nSPS) is 17.1. The van der Waals surface area contributed by atoms with Crippen molar-refractivity contribution in [2.75, 3.05) is 6.61 Å². The Morgan fingerprint density at radius 2 is 1.53 bits per heavy atom. The summed E-state index contributed by atoms with van der Waals surface area (Å²) in [6, 6.07) is 20.3.